The second-order valence-electron chi connectivity index (χ2n) is 5.41. The van der Waals surface area contributed by atoms with Gasteiger partial charge < -0.3 is 0 Å². The van der Waals surface area contributed by atoms with Gasteiger partial charge in [-0.2, -0.15) is 0 Å². The Kier molecular flexibility index (Phi) is 3.81. The fourth-order valence-electron chi connectivity index (χ4n) is 2.41. The van der Waals surface area contributed by atoms with Gasteiger partial charge in [-0.05, 0) is 17.7 Å². The normalized spacial score (nSPS) is 10.8. The van der Waals surface area contributed by atoms with Gasteiger partial charge in [0.15, 0.2) is 0 Å². The molecule has 0 saturated carbocycles. The molecule has 7 nitrogen and oxygen atoms in total. The van der Waals surface area contributed by atoms with E-state index in [2.05, 4.69) is 37.7 Å². The number of rotatable bonds is 5. The van der Waals surface area contributed by atoms with Crippen molar-refractivity contribution in [1.82, 2.24) is 35.0 Å². The highest BCUT2D eigenvalue weighted by Gasteiger charge is 2.09. The Bertz CT molecular complexity index is 835. The average Bonchev–Trinajstić information content (AvgIpc) is 3.26. The molecular weight excluding hydrogens is 302 g/mol. The summed E-state index contributed by atoms with van der Waals surface area (Å²) >= 11 is 0. The predicted octanol–water partition coefficient (Wildman–Crippen LogP) is 2.03. The van der Waals surface area contributed by atoms with Gasteiger partial charge in [0.05, 0.1) is 31.2 Å². The first-order chi connectivity index (χ1) is 11.9. The maximum Gasteiger partial charge on any atom is 0.134 e. The van der Waals surface area contributed by atoms with Gasteiger partial charge in [0.1, 0.15) is 11.4 Å². The van der Waals surface area contributed by atoms with Gasteiger partial charge in [-0.3, -0.25) is 4.98 Å². The zero-order valence-electron chi connectivity index (χ0n) is 12.9. The molecule has 7 heteroatoms. The van der Waals surface area contributed by atoms with Crippen LogP contribution in [0.1, 0.15) is 11.3 Å². The summed E-state index contributed by atoms with van der Waals surface area (Å²) in [5, 5.41) is 16.6. The van der Waals surface area contributed by atoms with Gasteiger partial charge in [-0.25, -0.2) is 9.36 Å². The van der Waals surface area contributed by atoms with Crippen molar-refractivity contribution >= 4 is 0 Å². The largest absolute Gasteiger partial charge is 0.259 e. The van der Waals surface area contributed by atoms with Gasteiger partial charge in [0.25, 0.3) is 0 Å². The highest BCUT2D eigenvalue weighted by atomic mass is 15.4. The van der Waals surface area contributed by atoms with Crippen molar-refractivity contribution in [1.29, 1.82) is 0 Å². The van der Waals surface area contributed by atoms with Crippen LogP contribution in [0, 0.1) is 0 Å². The predicted molar refractivity (Wildman–Crippen MR) is 87.9 cm³/mol. The highest BCUT2D eigenvalue weighted by Crippen LogP contribution is 2.13. The van der Waals surface area contributed by atoms with Crippen LogP contribution in [-0.4, -0.2) is 35.0 Å². The summed E-state index contributed by atoms with van der Waals surface area (Å²) in [7, 11) is 0. The molecule has 0 spiro atoms. The molecule has 0 bridgehead atoms. The van der Waals surface area contributed by atoms with Gasteiger partial charge in [0, 0.05) is 6.20 Å². The van der Waals surface area contributed by atoms with E-state index in [1.165, 1.54) is 5.56 Å². The molecule has 0 N–H and O–H groups in total. The molecule has 0 aliphatic heterocycles. The Morgan fingerprint density at radius 2 is 1.38 bits per heavy atom. The first kappa shape index (κ1) is 14.3. The molecule has 0 saturated heterocycles. The summed E-state index contributed by atoms with van der Waals surface area (Å²) < 4.78 is 3.54. The fourth-order valence-corrected chi connectivity index (χ4v) is 2.41. The molecule has 0 radical (unpaired) electrons. The van der Waals surface area contributed by atoms with Crippen molar-refractivity contribution in [3.63, 3.8) is 0 Å². The standard InChI is InChI=1S/C17H15N7/c1-2-6-14(7-3-1)10-23-12-16(19-21-23)17-13-24(22-20-17)11-15-8-4-5-9-18-15/h1-9,12-13H,10-11H2. The Morgan fingerprint density at radius 1 is 0.708 bits per heavy atom. The molecule has 0 atom stereocenters. The van der Waals surface area contributed by atoms with Gasteiger partial charge in [-0.1, -0.05) is 46.8 Å². The van der Waals surface area contributed by atoms with Crippen LogP contribution in [0.5, 0.6) is 0 Å². The summed E-state index contributed by atoms with van der Waals surface area (Å²) in [5.74, 6) is 0. The van der Waals surface area contributed by atoms with E-state index in [9.17, 15) is 0 Å². The van der Waals surface area contributed by atoms with Crippen LogP contribution in [0.25, 0.3) is 11.4 Å². The first-order valence-corrected chi connectivity index (χ1v) is 7.61. The van der Waals surface area contributed by atoms with Crippen LogP contribution in [0.4, 0.5) is 0 Å². The SMILES string of the molecule is c1ccc(Cn2cc(-c3cn(Cc4ccccn4)nn3)nn2)cc1. The van der Waals surface area contributed by atoms with Gasteiger partial charge in [0.2, 0.25) is 0 Å². The summed E-state index contributed by atoms with van der Waals surface area (Å²) in [6.07, 6.45) is 5.50. The number of nitrogens with zero attached hydrogens (tertiary/aromatic N) is 7. The molecule has 3 heterocycles. The topological polar surface area (TPSA) is 74.3 Å². The minimum Gasteiger partial charge on any atom is -0.259 e. The third-order valence-corrected chi connectivity index (χ3v) is 3.58. The lowest BCUT2D eigenvalue weighted by Gasteiger charge is -1.99. The highest BCUT2D eigenvalue weighted by molar-refractivity contribution is 5.49. The van der Waals surface area contributed by atoms with Crippen molar-refractivity contribution in [2.45, 2.75) is 13.1 Å². The monoisotopic (exact) mass is 317 g/mol. The van der Waals surface area contributed by atoms with E-state index >= 15 is 0 Å². The van der Waals surface area contributed by atoms with Crippen molar-refractivity contribution in [3.05, 3.63) is 78.4 Å². The van der Waals surface area contributed by atoms with Gasteiger partial charge in [-0.15, -0.1) is 10.2 Å². The second kappa shape index (κ2) is 6.41. The van der Waals surface area contributed by atoms with E-state index in [4.69, 9.17) is 0 Å². The number of hydrogen-bond acceptors (Lipinski definition) is 5. The Hall–Kier alpha value is -3.35. The second-order valence-corrected chi connectivity index (χ2v) is 5.41. The molecule has 0 amide bonds. The minimum absolute atomic E-state index is 0.575. The van der Waals surface area contributed by atoms with Crippen LogP contribution < -0.4 is 0 Å². The molecule has 24 heavy (non-hydrogen) atoms. The summed E-state index contributed by atoms with van der Waals surface area (Å²) in [6, 6.07) is 15.9. The molecule has 4 aromatic rings. The molecule has 4 rings (SSSR count). The Balaban J connectivity index is 1.49. The molecular formula is C17H15N7. The van der Waals surface area contributed by atoms with Crippen molar-refractivity contribution in [2.24, 2.45) is 0 Å². The molecule has 3 aromatic heterocycles. The number of hydrogen-bond donors (Lipinski definition) is 0. The van der Waals surface area contributed by atoms with E-state index in [1.807, 2.05) is 48.8 Å². The molecule has 1 aromatic carbocycles. The van der Waals surface area contributed by atoms with Crippen LogP contribution in [0.2, 0.25) is 0 Å². The van der Waals surface area contributed by atoms with E-state index in [1.54, 1.807) is 15.6 Å². The number of benzene rings is 1. The van der Waals surface area contributed by atoms with Crippen molar-refractivity contribution in [3.8, 4) is 11.4 Å². The number of pyridine rings is 1. The molecule has 0 aliphatic rings. The zero-order chi connectivity index (χ0) is 16.2. The van der Waals surface area contributed by atoms with Gasteiger partial charge >= 0.3 is 0 Å². The lowest BCUT2D eigenvalue weighted by molar-refractivity contribution is 0.639. The van der Waals surface area contributed by atoms with Crippen LogP contribution >= 0.6 is 0 Å². The van der Waals surface area contributed by atoms with Crippen LogP contribution in [0.15, 0.2) is 67.1 Å². The first-order valence-electron chi connectivity index (χ1n) is 7.61. The molecule has 0 unspecified atom stereocenters. The van der Waals surface area contributed by atoms with E-state index < -0.39 is 0 Å². The lowest BCUT2D eigenvalue weighted by Crippen LogP contribution is -2.01. The van der Waals surface area contributed by atoms with E-state index in [-0.39, 0.29) is 0 Å². The van der Waals surface area contributed by atoms with Crippen LogP contribution in [0.3, 0.4) is 0 Å². The average molecular weight is 317 g/mol. The zero-order valence-corrected chi connectivity index (χ0v) is 12.9. The fraction of sp³-hybridized carbons (Fsp3) is 0.118. The number of aromatic nitrogens is 7. The molecule has 0 fully saturated rings. The molecule has 0 aliphatic carbocycles. The van der Waals surface area contributed by atoms with Crippen LogP contribution in [-0.2, 0) is 13.1 Å². The Morgan fingerprint density at radius 3 is 2.04 bits per heavy atom. The third kappa shape index (κ3) is 3.19. The maximum absolute atomic E-state index is 4.29. The van der Waals surface area contributed by atoms with Crippen molar-refractivity contribution in [2.75, 3.05) is 0 Å². The van der Waals surface area contributed by atoms with E-state index in [0.29, 0.717) is 24.5 Å². The lowest BCUT2D eigenvalue weighted by atomic mass is 10.2. The summed E-state index contributed by atoms with van der Waals surface area (Å²) in [5.41, 5.74) is 3.51. The Labute approximate surface area is 138 Å². The van der Waals surface area contributed by atoms with E-state index in [0.717, 1.165) is 5.69 Å². The third-order valence-electron chi connectivity index (χ3n) is 3.58. The summed E-state index contributed by atoms with van der Waals surface area (Å²) in [6.45, 7) is 1.25. The summed E-state index contributed by atoms with van der Waals surface area (Å²) in [4.78, 5) is 4.29. The smallest absolute Gasteiger partial charge is 0.134 e. The minimum atomic E-state index is 0.575. The maximum atomic E-state index is 4.29. The van der Waals surface area contributed by atoms with Crippen molar-refractivity contribution < 1.29 is 0 Å². The molecule has 118 valence electrons. The quantitative estimate of drug-likeness (QED) is 0.563.